The van der Waals surface area contributed by atoms with Crippen molar-refractivity contribution in [3.63, 3.8) is 0 Å². The van der Waals surface area contributed by atoms with E-state index < -0.39 is 0 Å². The Hall–Kier alpha value is -1.26. The molecule has 0 spiro atoms. The molecule has 4 heteroatoms. The summed E-state index contributed by atoms with van der Waals surface area (Å²) in [4.78, 5) is 6.06. The summed E-state index contributed by atoms with van der Waals surface area (Å²) in [6, 6.07) is 13.3. The number of benzene rings is 1. The van der Waals surface area contributed by atoms with Crippen LogP contribution in [0.25, 0.3) is 0 Å². The Labute approximate surface area is 128 Å². The van der Waals surface area contributed by atoms with Gasteiger partial charge < -0.3 is 5.32 Å². The van der Waals surface area contributed by atoms with E-state index in [1.807, 2.05) is 11.8 Å². The minimum absolute atomic E-state index is 0.505. The van der Waals surface area contributed by atoms with E-state index in [0.29, 0.717) is 6.04 Å². The van der Waals surface area contributed by atoms with Gasteiger partial charge in [0, 0.05) is 16.7 Å². The average Bonchev–Trinajstić information content (AvgIpc) is 3.07. The molecule has 1 fully saturated rings. The van der Waals surface area contributed by atoms with Crippen LogP contribution in [0.1, 0.15) is 16.0 Å². The van der Waals surface area contributed by atoms with Crippen molar-refractivity contribution in [3.05, 3.63) is 57.8 Å². The number of thiophene rings is 1. The molecule has 20 heavy (non-hydrogen) atoms. The molecule has 1 aromatic carbocycles. The van der Waals surface area contributed by atoms with Gasteiger partial charge in [0.25, 0.3) is 0 Å². The normalized spacial score (nSPS) is 20.2. The van der Waals surface area contributed by atoms with E-state index in [4.69, 9.17) is 4.99 Å². The zero-order chi connectivity index (χ0) is 13.8. The van der Waals surface area contributed by atoms with Gasteiger partial charge in [0.15, 0.2) is 5.17 Å². The van der Waals surface area contributed by atoms with Crippen molar-refractivity contribution < 1.29 is 0 Å². The van der Waals surface area contributed by atoms with Gasteiger partial charge >= 0.3 is 0 Å². The number of aryl methyl sites for hydroxylation is 1. The molecule has 0 amide bonds. The predicted octanol–water partition coefficient (Wildman–Crippen LogP) is 3.86. The largest absolute Gasteiger partial charge is 0.361 e. The molecule has 1 N–H and O–H groups in total. The van der Waals surface area contributed by atoms with Gasteiger partial charge in [-0.15, -0.1) is 11.3 Å². The van der Waals surface area contributed by atoms with Crippen molar-refractivity contribution in [1.29, 1.82) is 0 Å². The molecule has 2 aromatic rings. The third-order valence-corrected chi connectivity index (χ3v) is 5.51. The fourth-order valence-electron chi connectivity index (χ4n) is 2.25. The van der Waals surface area contributed by atoms with E-state index in [9.17, 15) is 0 Å². The van der Waals surface area contributed by atoms with Crippen LogP contribution in [0.5, 0.6) is 0 Å². The summed E-state index contributed by atoms with van der Waals surface area (Å²) in [5.74, 6) is 1.11. The first-order valence-electron chi connectivity index (χ1n) is 6.82. The predicted molar refractivity (Wildman–Crippen MR) is 89.7 cm³/mol. The average molecular weight is 302 g/mol. The van der Waals surface area contributed by atoms with Crippen LogP contribution in [0.3, 0.4) is 0 Å². The molecule has 0 radical (unpaired) electrons. The van der Waals surface area contributed by atoms with E-state index in [1.165, 1.54) is 16.0 Å². The molecule has 1 unspecified atom stereocenters. The maximum absolute atomic E-state index is 4.70. The maximum atomic E-state index is 4.70. The van der Waals surface area contributed by atoms with Crippen LogP contribution in [0.15, 0.2) is 46.8 Å². The van der Waals surface area contributed by atoms with Gasteiger partial charge in [0.2, 0.25) is 0 Å². The van der Waals surface area contributed by atoms with E-state index in [-0.39, 0.29) is 0 Å². The molecule has 2 heterocycles. The molecule has 1 saturated heterocycles. The molecule has 0 aliphatic carbocycles. The van der Waals surface area contributed by atoms with E-state index in [1.54, 1.807) is 11.3 Å². The summed E-state index contributed by atoms with van der Waals surface area (Å²) in [6.45, 7) is 2.95. The van der Waals surface area contributed by atoms with Gasteiger partial charge in [-0.1, -0.05) is 42.1 Å². The highest BCUT2D eigenvalue weighted by Crippen LogP contribution is 2.20. The summed E-state index contributed by atoms with van der Waals surface area (Å²) >= 11 is 3.63. The van der Waals surface area contributed by atoms with Gasteiger partial charge in [-0.2, -0.15) is 0 Å². The Kier molecular flexibility index (Phi) is 4.43. The Bertz CT molecular complexity index is 590. The number of hydrogen-bond acceptors (Lipinski definition) is 3. The number of amidine groups is 1. The van der Waals surface area contributed by atoms with Gasteiger partial charge in [-0.3, -0.25) is 4.99 Å². The Morgan fingerprint density at radius 2 is 2.10 bits per heavy atom. The van der Waals surface area contributed by atoms with E-state index in [0.717, 1.165) is 23.9 Å². The zero-order valence-corrected chi connectivity index (χ0v) is 13.1. The summed E-state index contributed by atoms with van der Waals surface area (Å²) in [5, 5.41) is 6.77. The Morgan fingerprint density at radius 1 is 1.25 bits per heavy atom. The molecule has 1 aromatic heterocycles. The fourth-order valence-corrected chi connectivity index (χ4v) is 4.04. The van der Waals surface area contributed by atoms with Crippen LogP contribution in [0, 0.1) is 6.92 Å². The number of aliphatic imine (C=N–C) groups is 1. The highest BCUT2D eigenvalue weighted by atomic mass is 32.2. The molecule has 0 bridgehead atoms. The van der Waals surface area contributed by atoms with Gasteiger partial charge in [-0.25, -0.2) is 0 Å². The van der Waals surface area contributed by atoms with Crippen LogP contribution in [-0.4, -0.2) is 17.0 Å². The van der Waals surface area contributed by atoms with E-state index >= 15 is 0 Å². The number of nitrogens with zero attached hydrogens (tertiary/aromatic N) is 1. The third-order valence-electron chi connectivity index (χ3n) is 3.41. The quantitative estimate of drug-likeness (QED) is 0.927. The van der Waals surface area contributed by atoms with Crippen molar-refractivity contribution in [1.82, 2.24) is 5.32 Å². The standard InChI is InChI=1S/C16H18N2S2/c1-12-7-8-19-15(12)10-17-16-18-14(11-20-16)9-13-5-3-2-4-6-13/h2-8,14H,9-11H2,1H3,(H,17,18). The molecule has 3 rings (SSSR count). The van der Waals surface area contributed by atoms with Crippen LogP contribution in [-0.2, 0) is 13.0 Å². The van der Waals surface area contributed by atoms with Crippen molar-refractivity contribution in [2.45, 2.75) is 25.9 Å². The van der Waals surface area contributed by atoms with Crippen molar-refractivity contribution >= 4 is 28.3 Å². The minimum atomic E-state index is 0.505. The Balaban J connectivity index is 1.55. The lowest BCUT2D eigenvalue weighted by molar-refractivity contribution is 0.686. The van der Waals surface area contributed by atoms with Crippen molar-refractivity contribution in [2.75, 3.05) is 5.75 Å². The lowest BCUT2D eigenvalue weighted by Gasteiger charge is -2.09. The third kappa shape index (κ3) is 3.44. The number of hydrogen-bond donors (Lipinski definition) is 1. The lowest BCUT2D eigenvalue weighted by atomic mass is 10.1. The van der Waals surface area contributed by atoms with Gasteiger partial charge in [0.05, 0.1) is 6.54 Å². The first-order valence-corrected chi connectivity index (χ1v) is 8.68. The smallest absolute Gasteiger partial charge is 0.157 e. The summed E-state index contributed by atoms with van der Waals surface area (Å²) in [5.41, 5.74) is 2.74. The minimum Gasteiger partial charge on any atom is -0.361 e. The molecule has 2 nitrogen and oxygen atoms in total. The summed E-state index contributed by atoms with van der Waals surface area (Å²) in [6.07, 6.45) is 1.07. The van der Waals surface area contributed by atoms with Crippen LogP contribution < -0.4 is 5.32 Å². The number of rotatable bonds is 4. The van der Waals surface area contributed by atoms with E-state index in [2.05, 4.69) is 54.0 Å². The maximum Gasteiger partial charge on any atom is 0.157 e. The van der Waals surface area contributed by atoms with Crippen LogP contribution in [0.2, 0.25) is 0 Å². The van der Waals surface area contributed by atoms with Crippen LogP contribution in [0.4, 0.5) is 0 Å². The van der Waals surface area contributed by atoms with Gasteiger partial charge in [-0.05, 0) is 35.9 Å². The van der Waals surface area contributed by atoms with Crippen molar-refractivity contribution in [3.8, 4) is 0 Å². The summed E-state index contributed by atoms with van der Waals surface area (Å²) < 4.78 is 0. The van der Waals surface area contributed by atoms with Gasteiger partial charge in [0.1, 0.15) is 0 Å². The molecule has 0 saturated carbocycles. The fraction of sp³-hybridized carbons (Fsp3) is 0.312. The molecule has 1 atom stereocenters. The first-order chi connectivity index (χ1) is 9.81. The summed E-state index contributed by atoms with van der Waals surface area (Å²) in [7, 11) is 0. The zero-order valence-electron chi connectivity index (χ0n) is 11.5. The second-order valence-electron chi connectivity index (χ2n) is 4.99. The molecule has 104 valence electrons. The molecule has 1 aliphatic heterocycles. The molecular formula is C16H18N2S2. The second kappa shape index (κ2) is 6.46. The van der Waals surface area contributed by atoms with Crippen LogP contribution >= 0.6 is 23.1 Å². The highest BCUT2D eigenvalue weighted by molar-refractivity contribution is 8.14. The molecular weight excluding hydrogens is 284 g/mol. The second-order valence-corrected chi connectivity index (χ2v) is 7.00. The Morgan fingerprint density at radius 3 is 2.85 bits per heavy atom. The number of thioether (sulfide) groups is 1. The van der Waals surface area contributed by atoms with Crippen molar-refractivity contribution in [2.24, 2.45) is 4.99 Å². The SMILES string of the molecule is Cc1ccsc1CN=C1NC(Cc2ccccc2)CS1. The monoisotopic (exact) mass is 302 g/mol. The highest BCUT2D eigenvalue weighted by Gasteiger charge is 2.20. The topological polar surface area (TPSA) is 24.4 Å². The lowest BCUT2D eigenvalue weighted by Crippen LogP contribution is -2.28. The number of nitrogens with one attached hydrogen (secondary N) is 1. The molecule has 1 aliphatic rings. The first kappa shape index (κ1) is 13.7.